The number of hydrogen-bond acceptors (Lipinski definition) is 2. The molecule has 0 spiro atoms. The van der Waals surface area contributed by atoms with Crippen molar-refractivity contribution >= 4 is 0 Å². The van der Waals surface area contributed by atoms with Crippen molar-refractivity contribution < 1.29 is 9.84 Å². The maximum atomic E-state index is 8.94. The highest BCUT2D eigenvalue weighted by atomic mass is 16.5. The van der Waals surface area contributed by atoms with Gasteiger partial charge in [0.1, 0.15) is 5.75 Å². The fraction of sp³-hybridized carbons (Fsp3) is 0.455. The van der Waals surface area contributed by atoms with Gasteiger partial charge in [-0.1, -0.05) is 13.0 Å². The quantitative estimate of drug-likeness (QED) is 0.769. The van der Waals surface area contributed by atoms with Crippen molar-refractivity contribution in [3.05, 3.63) is 29.3 Å². The van der Waals surface area contributed by atoms with Crippen molar-refractivity contribution in [2.75, 3.05) is 6.61 Å². The van der Waals surface area contributed by atoms with Gasteiger partial charge >= 0.3 is 0 Å². The Hall–Kier alpha value is -1.02. The van der Waals surface area contributed by atoms with Crippen molar-refractivity contribution in [1.29, 1.82) is 0 Å². The second-order valence-electron chi connectivity index (χ2n) is 2.89. The van der Waals surface area contributed by atoms with Crippen LogP contribution in [-0.4, -0.2) is 11.7 Å². The lowest BCUT2D eigenvalue weighted by Crippen LogP contribution is -1.97. The van der Waals surface area contributed by atoms with E-state index in [2.05, 4.69) is 6.92 Å². The lowest BCUT2D eigenvalue weighted by Gasteiger charge is -2.09. The summed E-state index contributed by atoms with van der Waals surface area (Å²) in [4.78, 5) is 0. The number of ether oxygens (including phenoxy) is 1. The number of aryl methyl sites for hydroxylation is 1. The van der Waals surface area contributed by atoms with E-state index in [0.717, 1.165) is 23.3 Å². The average Bonchev–Trinajstić information content (AvgIpc) is 2.19. The van der Waals surface area contributed by atoms with Crippen LogP contribution in [0.3, 0.4) is 0 Å². The Labute approximate surface area is 79.2 Å². The topological polar surface area (TPSA) is 29.5 Å². The van der Waals surface area contributed by atoms with Gasteiger partial charge in [0, 0.05) is 0 Å². The molecule has 2 nitrogen and oxygen atoms in total. The van der Waals surface area contributed by atoms with Gasteiger partial charge in [0.15, 0.2) is 0 Å². The van der Waals surface area contributed by atoms with E-state index in [9.17, 15) is 0 Å². The first-order chi connectivity index (χ1) is 6.31. The van der Waals surface area contributed by atoms with Crippen LogP contribution in [0.2, 0.25) is 0 Å². The number of rotatable bonds is 4. The minimum atomic E-state index is 0.0966. The maximum absolute atomic E-state index is 8.94. The first-order valence-electron chi connectivity index (χ1n) is 4.67. The predicted octanol–water partition coefficient (Wildman–Crippen LogP) is 2.14. The molecule has 2 heteroatoms. The standard InChI is InChI=1S/C11H16O2/c1-3-10-7-9(8-12)5-6-11(10)13-4-2/h5-7,12H,3-4,8H2,1-2H3. The highest BCUT2D eigenvalue weighted by Crippen LogP contribution is 2.20. The van der Waals surface area contributed by atoms with Crippen LogP contribution >= 0.6 is 0 Å². The second kappa shape index (κ2) is 4.87. The second-order valence-corrected chi connectivity index (χ2v) is 2.89. The van der Waals surface area contributed by atoms with Gasteiger partial charge in [-0.3, -0.25) is 0 Å². The van der Waals surface area contributed by atoms with E-state index in [-0.39, 0.29) is 6.61 Å². The summed E-state index contributed by atoms with van der Waals surface area (Å²) in [6, 6.07) is 5.81. The monoisotopic (exact) mass is 180 g/mol. The van der Waals surface area contributed by atoms with Crippen molar-refractivity contribution in [3.63, 3.8) is 0 Å². The number of aliphatic hydroxyl groups is 1. The third-order valence-corrected chi connectivity index (χ3v) is 1.99. The van der Waals surface area contributed by atoms with Crippen LogP contribution in [0.5, 0.6) is 5.75 Å². The molecule has 1 aromatic rings. The van der Waals surface area contributed by atoms with Crippen LogP contribution in [0.4, 0.5) is 0 Å². The Balaban J connectivity index is 2.93. The smallest absolute Gasteiger partial charge is 0.122 e. The molecule has 0 radical (unpaired) electrons. The maximum Gasteiger partial charge on any atom is 0.122 e. The van der Waals surface area contributed by atoms with Gasteiger partial charge in [0.2, 0.25) is 0 Å². The summed E-state index contributed by atoms with van der Waals surface area (Å²) in [5.74, 6) is 0.933. The Morgan fingerprint density at radius 1 is 1.31 bits per heavy atom. The van der Waals surface area contributed by atoms with Gasteiger partial charge in [-0.2, -0.15) is 0 Å². The number of aliphatic hydroxyl groups excluding tert-OH is 1. The Bertz CT molecular complexity index is 269. The van der Waals surface area contributed by atoms with Crippen molar-refractivity contribution in [1.82, 2.24) is 0 Å². The van der Waals surface area contributed by atoms with Crippen molar-refractivity contribution in [3.8, 4) is 5.75 Å². The van der Waals surface area contributed by atoms with Crippen LogP contribution in [-0.2, 0) is 13.0 Å². The van der Waals surface area contributed by atoms with Gasteiger partial charge in [-0.15, -0.1) is 0 Å². The van der Waals surface area contributed by atoms with Gasteiger partial charge in [0.05, 0.1) is 13.2 Å². The molecule has 0 amide bonds. The summed E-state index contributed by atoms with van der Waals surface area (Å²) in [5, 5.41) is 8.94. The molecule has 0 aliphatic carbocycles. The highest BCUT2D eigenvalue weighted by molar-refractivity contribution is 5.37. The summed E-state index contributed by atoms with van der Waals surface area (Å²) in [6.45, 7) is 4.84. The van der Waals surface area contributed by atoms with Crippen molar-refractivity contribution in [2.24, 2.45) is 0 Å². The lowest BCUT2D eigenvalue weighted by molar-refractivity contribution is 0.281. The largest absolute Gasteiger partial charge is 0.494 e. The first-order valence-corrected chi connectivity index (χ1v) is 4.67. The van der Waals surface area contributed by atoms with Gasteiger partial charge in [-0.05, 0) is 36.6 Å². The molecule has 0 saturated heterocycles. The highest BCUT2D eigenvalue weighted by Gasteiger charge is 2.01. The first kappa shape index (κ1) is 10.1. The molecule has 0 aliphatic rings. The molecule has 1 aromatic carbocycles. The van der Waals surface area contributed by atoms with Crippen LogP contribution < -0.4 is 4.74 Å². The van der Waals surface area contributed by atoms with E-state index in [1.54, 1.807) is 0 Å². The summed E-state index contributed by atoms with van der Waals surface area (Å²) in [6.07, 6.45) is 0.934. The van der Waals surface area contributed by atoms with Crippen LogP contribution in [0.25, 0.3) is 0 Å². The summed E-state index contributed by atoms with van der Waals surface area (Å²) in [7, 11) is 0. The molecule has 0 fully saturated rings. The minimum Gasteiger partial charge on any atom is -0.494 e. The van der Waals surface area contributed by atoms with E-state index < -0.39 is 0 Å². The minimum absolute atomic E-state index is 0.0966. The zero-order chi connectivity index (χ0) is 9.68. The number of hydrogen-bond donors (Lipinski definition) is 1. The Kier molecular flexibility index (Phi) is 3.77. The molecular weight excluding hydrogens is 164 g/mol. The molecule has 0 aromatic heterocycles. The van der Waals surface area contributed by atoms with E-state index in [1.807, 2.05) is 25.1 Å². The van der Waals surface area contributed by atoms with Crippen LogP contribution in [0.15, 0.2) is 18.2 Å². The Morgan fingerprint density at radius 3 is 2.62 bits per heavy atom. The van der Waals surface area contributed by atoms with E-state index in [4.69, 9.17) is 9.84 Å². The fourth-order valence-corrected chi connectivity index (χ4v) is 1.30. The van der Waals surface area contributed by atoms with E-state index in [1.165, 1.54) is 0 Å². The molecule has 72 valence electrons. The third-order valence-electron chi connectivity index (χ3n) is 1.99. The molecule has 0 atom stereocenters. The molecule has 13 heavy (non-hydrogen) atoms. The summed E-state index contributed by atoms with van der Waals surface area (Å²) >= 11 is 0. The average molecular weight is 180 g/mol. The SMILES string of the molecule is CCOc1ccc(CO)cc1CC. The van der Waals surface area contributed by atoms with Gasteiger partial charge < -0.3 is 9.84 Å². The Morgan fingerprint density at radius 2 is 2.08 bits per heavy atom. The van der Waals surface area contributed by atoms with Crippen LogP contribution in [0.1, 0.15) is 25.0 Å². The normalized spacial score (nSPS) is 10.1. The van der Waals surface area contributed by atoms with E-state index in [0.29, 0.717) is 6.61 Å². The zero-order valence-corrected chi connectivity index (χ0v) is 8.21. The molecule has 0 bridgehead atoms. The summed E-state index contributed by atoms with van der Waals surface area (Å²) < 4.78 is 5.45. The molecular formula is C11H16O2. The fourth-order valence-electron chi connectivity index (χ4n) is 1.30. The molecule has 0 unspecified atom stereocenters. The zero-order valence-electron chi connectivity index (χ0n) is 8.21. The predicted molar refractivity (Wildman–Crippen MR) is 52.9 cm³/mol. The van der Waals surface area contributed by atoms with Gasteiger partial charge in [-0.25, -0.2) is 0 Å². The summed E-state index contributed by atoms with van der Waals surface area (Å²) in [5.41, 5.74) is 2.11. The van der Waals surface area contributed by atoms with Crippen LogP contribution in [0, 0.1) is 0 Å². The van der Waals surface area contributed by atoms with Crippen molar-refractivity contribution in [2.45, 2.75) is 26.9 Å². The molecule has 0 heterocycles. The van der Waals surface area contributed by atoms with E-state index >= 15 is 0 Å². The van der Waals surface area contributed by atoms with Gasteiger partial charge in [0.25, 0.3) is 0 Å². The molecule has 1 rings (SSSR count). The lowest BCUT2D eigenvalue weighted by atomic mass is 10.1. The molecule has 0 aliphatic heterocycles. The third kappa shape index (κ3) is 2.46. The molecule has 0 saturated carbocycles. The molecule has 1 N–H and O–H groups in total. The number of benzene rings is 1.